The van der Waals surface area contributed by atoms with Crippen LogP contribution in [0.1, 0.15) is 57.3 Å². The highest BCUT2D eigenvalue weighted by atomic mass is 32.2. The number of nitrogens with zero attached hydrogens (tertiary/aromatic N) is 1. The second-order valence-corrected chi connectivity index (χ2v) is 9.55. The first-order chi connectivity index (χ1) is 13.1. The molecule has 8 heteroatoms. The molecule has 156 valence electrons. The molecule has 1 aromatic carbocycles. The second kappa shape index (κ2) is 9.52. The lowest BCUT2D eigenvalue weighted by atomic mass is 10.1. The zero-order chi connectivity index (χ0) is 20.9. The quantitative estimate of drug-likeness (QED) is 0.698. The summed E-state index contributed by atoms with van der Waals surface area (Å²) in [4.78, 5) is 24.1. The molecule has 1 aliphatic heterocycles. The van der Waals surface area contributed by atoms with E-state index < -0.39 is 16.0 Å². The number of rotatable bonds is 7. The number of amides is 1. The van der Waals surface area contributed by atoms with Crippen molar-refractivity contribution in [2.75, 3.05) is 13.2 Å². The van der Waals surface area contributed by atoms with E-state index in [0.717, 1.165) is 19.3 Å². The molecule has 1 saturated heterocycles. The normalized spacial score (nSPS) is 19.2. The Morgan fingerprint density at radius 3 is 2.39 bits per heavy atom. The van der Waals surface area contributed by atoms with Gasteiger partial charge in [0.1, 0.15) is 0 Å². The number of ether oxygens (including phenoxy) is 1. The van der Waals surface area contributed by atoms with Gasteiger partial charge < -0.3 is 10.1 Å². The van der Waals surface area contributed by atoms with Crippen molar-refractivity contribution < 1.29 is 22.7 Å². The molecule has 0 aromatic heterocycles. The van der Waals surface area contributed by atoms with E-state index in [4.69, 9.17) is 4.74 Å². The van der Waals surface area contributed by atoms with E-state index >= 15 is 0 Å². The highest BCUT2D eigenvalue weighted by molar-refractivity contribution is 7.89. The van der Waals surface area contributed by atoms with Gasteiger partial charge in [0.15, 0.2) is 6.61 Å². The molecule has 1 N–H and O–H groups in total. The van der Waals surface area contributed by atoms with E-state index in [1.165, 1.54) is 28.6 Å². The van der Waals surface area contributed by atoms with Gasteiger partial charge in [-0.25, -0.2) is 13.2 Å². The topological polar surface area (TPSA) is 92.8 Å². The Hall–Kier alpha value is -1.93. The van der Waals surface area contributed by atoms with Crippen molar-refractivity contribution in [3.63, 3.8) is 0 Å². The molecular weight excluding hydrogens is 380 g/mol. The molecule has 1 aliphatic rings. The molecule has 1 heterocycles. The van der Waals surface area contributed by atoms with Crippen LogP contribution in [0.2, 0.25) is 0 Å². The molecule has 2 rings (SSSR count). The molecule has 0 bridgehead atoms. The lowest BCUT2D eigenvalue weighted by Crippen LogP contribution is -2.41. The predicted octanol–water partition coefficient (Wildman–Crippen LogP) is 2.57. The number of nitrogens with one attached hydrogen (secondary N) is 1. The highest BCUT2D eigenvalue weighted by Gasteiger charge is 2.31. The van der Waals surface area contributed by atoms with Gasteiger partial charge in [0, 0.05) is 18.6 Å². The smallest absolute Gasteiger partial charge is 0.338 e. The molecule has 0 saturated carbocycles. The van der Waals surface area contributed by atoms with E-state index in [1.54, 1.807) is 0 Å². The minimum atomic E-state index is -3.58. The summed E-state index contributed by atoms with van der Waals surface area (Å²) in [5.74, 6) is -0.757. The van der Waals surface area contributed by atoms with Crippen molar-refractivity contribution in [3.8, 4) is 0 Å². The molecule has 0 aliphatic carbocycles. The molecule has 1 amide bonds. The lowest BCUT2D eigenvalue weighted by molar-refractivity contribution is -0.125. The summed E-state index contributed by atoms with van der Waals surface area (Å²) in [6.07, 6.45) is 2.73. The Bertz CT molecular complexity index is 789. The van der Waals surface area contributed by atoms with Gasteiger partial charge >= 0.3 is 5.97 Å². The first kappa shape index (κ1) is 22.4. The van der Waals surface area contributed by atoms with Crippen LogP contribution < -0.4 is 5.32 Å². The summed E-state index contributed by atoms with van der Waals surface area (Å²) in [5, 5.41) is 2.75. The van der Waals surface area contributed by atoms with Crippen molar-refractivity contribution in [2.24, 2.45) is 5.92 Å². The van der Waals surface area contributed by atoms with E-state index in [2.05, 4.69) is 5.32 Å². The van der Waals surface area contributed by atoms with Crippen LogP contribution in [0.3, 0.4) is 0 Å². The average Bonchev–Trinajstić information content (AvgIpc) is 2.66. The fourth-order valence-corrected chi connectivity index (χ4v) is 4.70. The minimum absolute atomic E-state index is 0.0205. The van der Waals surface area contributed by atoms with Crippen LogP contribution in [0.5, 0.6) is 0 Å². The maximum Gasteiger partial charge on any atom is 0.338 e. The fraction of sp³-hybridized carbons (Fsp3) is 0.600. The Labute approximate surface area is 167 Å². The van der Waals surface area contributed by atoms with Crippen LogP contribution in [0.25, 0.3) is 0 Å². The van der Waals surface area contributed by atoms with Crippen LogP contribution in [0.15, 0.2) is 29.2 Å². The molecule has 1 aromatic rings. The fourth-order valence-electron chi connectivity index (χ4n) is 3.00. The standard InChI is InChI=1S/C20H30N2O5S/c1-14(2)16(4)21-19(23)13-27-20(24)17-8-10-18(11-9-17)28(25,26)22-12-6-5-7-15(22)3/h8-11,14-16H,5-7,12-13H2,1-4H3,(H,21,23)/t15-,16+/m1/s1. The number of carbonyl (C=O) groups excluding carboxylic acids is 2. The third-order valence-electron chi connectivity index (χ3n) is 5.16. The van der Waals surface area contributed by atoms with Crippen molar-refractivity contribution >= 4 is 21.9 Å². The third kappa shape index (κ3) is 5.54. The van der Waals surface area contributed by atoms with Gasteiger partial charge in [-0.3, -0.25) is 4.79 Å². The second-order valence-electron chi connectivity index (χ2n) is 7.66. The molecule has 0 unspecified atom stereocenters. The summed E-state index contributed by atoms with van der Waals surface area (Å²) >= 11 is 0. The van der Waals surface area contributed by atoms with Crippen LogP contribution in [0.4, 0.5) is 0 Å². The number of carbonyl (C=O) groups is 2. The van der Waals surface area contributed by atoms with Gasteiger partial charge in [-0.2, -0.15) is 4.31 Å². The summed E-state index contributed by atoms with van der Waals surface area (Å²) < 4.78 is 32.2. The number of hydrogen-bond donors (Lipinski definition) is 1. The first-order valence-electron chi connectivity index (χ1n) is 9.71. The van der Waals surface area contributed by atoms with Gasteiger partial charge in [-0.15, -0.1) is 0 Å². The molecule has 28 heavy (non-hydrogen) atoms. The monoisotopic (exact) mass is 410 g/mol. The van der Waals surface area contributed by atoms with Gasteiger partial charge in [0.25, 0.3) is 5.91 Å². The number of hydrogen-bond acceptors (Lipinski definition) is 5. The van der Waals surface area contributed by atoms with Crippen LogP contribution in [0, 0.1) is 5.92 Å². The maximum absolute atomic E-state index is 12.8. The molecule has 2 atom stereocenters. The summed E-state index contributed by atoms with van der Waals surface area (Å²) in [6, 6.07) is 5.60. The van der Waals surface area contributed by atoms with E-state index in [0.29, 0.717) is 6.54 Å². The number of esters is 1. The number of piperidine rings is 1. The van der Waals surface area contributed by atoms with Crippen molar-refractivity contribution in [2.45, 2.75) is 63.9 Å². The zero-order valence-electron chi connectivity index (χ0n) is 17.0. The van der Waals surface area contributed by atoms with E-state index in [9.17, 15) is 18.0 Å². The maximum atomic E-state index is 12.8. The summed E-state index contributed by atoms with van der Waals surface area (Å²) in [5.41, 5.74) is 0.204. The Kier molecular flexibility index (Phi) is 7.60. The molecule has 7 nitrogen and oxygen atoms in total. The van der Waals surface area contributed by atoms with Gasteiger partial charge in [-0.1, -0.05) is 20.3 Å². The van der Waals surface area contributed by atoms with Crippen LogP contribution >= 0.6 is 0 Å². The molecule has 0 radical (unpaired) electrons. The predicted molar refractivity (Wildman–Crippen MR) is 106 cm³/mol. The first-order valence-corrected chi connectivity index (χ1v) is 11.2. The molecule has 1 fully saturated rings. The summed E-state index contributed by atoms with van der Waals surface area (Å²) in [7, 11) is -3.58. The van der Waals surface area contributed by atoms with Crippen molar-refractivity contribution in [3.05, 3.63) is 29.8 Å². The van der Waals surface area contributed by atoms with Gasteiger partial charge in [-0.05, 0) is 56.9 Å². The van der Waals surface area contributed by atoms with Gasteiger partial charge in [0.2, 0.25) is 10.0 Å². The Morgan fingerprint density at radius 1 is 1.18 bits per heavy atom. The number of sulfonamides is 1. The average molecular weight is 411 g/mol. The zero-order valence-corrected chi connectivity index (χ0v) is 17.8. The van der Waals surface area contributed by atoms with Gasteiger partial charge in [0.05, 0.1) is 10.5 Å². The Balaban J connectivity index is 1.98. The largest absolute Gasteiger partial charge is 0.452 e. The Morgan fingerprint density at radius 2 is 1.82 bits per heavy atom. The van der Waals surface area contributed by atoms with E-state index in [-0.39, 0.29) is 41.0 Å². The molecular formula is C20H30N2O5S. The number of benzene rings is 1. The molecule has 0 spiro atoms. The summed E-state index contributed by atoms with van der Waals surface area (Å²) in [6.45, 7) is 7.90. The van der Waals surface area contributed by atoms with Crippen LogP contribution in [-0.2, 0) is 19.6 Å². The van der Waals surface area contributed by atoms with Crippen molar-refractivity contribution in [1.82, 2.24) is 9.62 Å². The van der Waals surface area contributed by atoms with Crippen molar-refractivity contribution in [1.29, 1.82) is 0 Å². The minimum Gasteiger partial charge on any atom is -0.452 e. The SMILES string of the molecule is CC(C)[C@H](C)NC(=O)COC(=O)c1ccc(S(=O)(=O)N2CCCC[C@H]2C)cc1. The van der Waals surface area contributed by atoms with Crippen LogP contribution in [-0.4, -0.2) is 49.8 Å². The highest BCUT2D eigenvalue weighted by Crippen LogP contribution is 2.25. The third-order valence-corrected chi connectivity index (χ3v) is 7.19. The van der Waals surface area contributed by atoms with E-state index in [1.807, 2.05) is 27.7 Å². The lowest BCUT2D eigenvalue weighted by Gasteiger charge is -2.32.